The quantitative estimate of drug-likeness (QED) is 0.778. The molecule has 1 atom stereocenters. The number of aliphatic hydroxyl groups is 1. The zero-order chi connectivity index (χ0) is 14.3. The predicted octanol–water partition coefficient (Wildman–Crippen LogP) is -0.563. The molecule has 0 saturated carbocycles. The summed E-state index contributed by atoms with van der Waals surface area (Å²) < 4.78 is 38.8. The van der Waals surface area contributed by atoms with E-state index in [1.807, 2.05) is 0 Å². The summed E-state index contributed by atoms with van der Waals surface area (Å²) in [5.41, 5.74) is 3.13. The Labute approximate surface area is 109 Å². The van der Waals surface area contributed by atoms with Gasteiger partial charge in [-0.3, -0.25) is 4.79 Å². The molecule has 1 aromatic carbocycles. The van der Waals surface area contributed by atoms with E-state index in [1.54, 1.807) is 0 Å². The molecule has 1 fully saturated rings. The first-order chi connectivity index (χ1) is 8.77. The van der Waals surface area contributed by atoms with Gasteiger partial charge in [-0.05, 0) is 12.1 Å². The molecule has 0 spiro atoms. The van der Waals surface area contributed by atoms with Crippen molar-refractivity contribution >= 4 is 15.9 Å². The van der Waals surface area contributed by atoms with Crippen molar-refractivity contribution in [3.8, 4) is 0 Å². The maximum Gasteiger partial charge on any atom is 0.250 e. The third kappa shape index (κ3) is 2.34. The number of nitrogens with two attached hydrogens (primary N) is 1. The van der Waals surface area contributed by atoms with Gasteiger partial charge in [-0.15, -0.1) is 0 Å². The number of halogens is 1. The summed E-state index contributed by atoms with van der Waals surface area (Å²) in [4.78, 5) is 10.6. The largest absolute Gasteiger partial charge is 0.379 e. The molecule has 1 aromatic rings. The number of primary amides is 1. The molecule has 0 bridgehead atoms. The highest BCUT2D eigenvalue weighted by molar-refractivity contribution is 7.89. The van der Waals surface area contributed by atoms with Gasteiger partial charge in [0.15, 0.2) is 5.60 Å². The molecular weight excluding hydrogens is 275 g/mol. The number of β-amino-alcohol motifs (C(OH)–C–C–N with tert-alkyl or cyclic N) is 1. The molecule has 8 heteroatoms. The lowest BCUT2D eigenvalue weighted by molar-refractivity contribution is -0.134. The number of hydrogen-bond donors (Lipinski definition) is 2. The third-order valence-electron chi connectivity index (χ3n) is 3.13. The molecule has 1 saturated heterocycles. The van der Waals surface area contributed by atoms with Gasteiger partial charge >= 0.3 is 0 Å². The van der Waals surface area contributed by atoms with E-state index in [0.29, 0.717) is 0 Å². The van der Waals surface area contributed by atoms with Crippen molar-refractivity contribution < 1.29 is 22.7 Å². The van der Waals surface area contributed by atoms with Crippen molar-refractivity contribution in [1.82, 2.24) is 4.31 Å². The van der Waals surface area contributed by atoms with Crippen molar-refractivity contribution in [1.29, 1.82) is 0 Å². The van der Waals surface area contributed by atoms with Crippen molar-refractivity contribution in [2.24, 2.45) is 5.73 Å². The minimum atomic E-state index is -4.08. The summed E-state index contributed by atoms with van der Waals surface area (Å²) in [6.45, 7) is -0.547. The minimum absolute atomic E-state index is 0.0872. The number of carbonyl (C=O) groups is 1. The lowest BCUT2D eigenvalue weighted by Gasteiger charge is -2.20. The fourth-order valence-corrected chi connectivity index (χ4v) is 3.52. The smallest absolute Gasteiger partial charge is 0.250 e. The first-order valence-electron chi connectivity index (χ1n) is 5.54. The number of amides is 1. The Hall–Kier alpha value is -1.51. The summed E-state index contributed by atoms with van der Waals surface area (Å²) in [5.74, 6) is -1.87. The van der Waals surface area contributed by atoms with Gasteiger partial charge in [-0.25, -0.2) is 12.8 Å². The molecule has 0 unspecified atom stereocenters. The fraction of sp³-hybridized carbons (Fsp3) is 0.364. The van der Waals surface area contributed by atoms with Crippen molar-refractivity contribution in [2.75, 3.05) is 13.1 Å². The van der Waals surface area contributed by atoms with Gasteiger partial charge in [0.05, 0.1) is 6.54 Å². The Morgan fingerprint density at radius 2 is 2.05 bits per heavy atom. The molecular formula is C11H13FN2O4S. The molecule has 1 amide bonds. The summed E-state index contributed by atoms with van der Waals surface area (Å²) in [6.07, 6.45) is -0.101. The highest BCUT2D eigenvalue weighted by Gasteiger charge is 2.46. The molecule has 6 nitrogen and oxygen atoms in total. The van der Waals surface area contributed by atoms with Gasteiger partial charge in [0.2, 0.25) is 10.0 Å². The second-order valence-electron chi connectivity index (χ2n) is 4.41. The summed E-state index contributed by atoms with van der Waals surface area (Å²) >= 11 is 0. The van der Waals surface area contributed by atoms with E-state index in [9.17, 15) is 22.7 Å². The van der Waals surface area contributed by atoms with Gasteiger partial charge in [0.25, 0.3) is 5.91 Å². The lowest BCUT2D eigenvalue weighted by Crippen LogP contribution is -2.46. The highest BCUT2D eigenvalue weighted by atomic mass is 32.2. The Morgan fingerprint density at radius 3 is 2.58 bits per heavy atom. The Balaban J connectivity index is 2.34. The molecule has 1 heterocycles. The Morgan fingerprint density at radius 1 is 1.42 bits per heavy atom. The van der Waals surface area contributed by atoms with Crippen LogP contribution in [0.5, 0.6) is 0 Å². The van der Waals surface area contributed by atoms with E-state index in [0.717, 1.165) is 16.4 Å². The van der Waals surface area contributed by atoms with E-state index in [1.165, 1.54) is 12.1 Å². The molecule has 2 rings (SSSR count). The standard InChI is InChI=1S/C11H13FN2O4S/c12-8-3-1-2-4-9(8)19(17,18)14-6-5-11(16,7-14)10(13)15/h1-4,16H,5-7H2,(H2,13,15)/t11-/m1/s1. The normalized spacial score (nSPS) is 24.5. The van der Waals surface area contributed by atoms with Crippen LogP contribution in [0.3, 0.4) is 0 Å². The maximum atomic E-state index is 13.5. The number of hydrogen-bond acceptors (Lipinski definition) is 4. The van der Waals surface area contributed by atoms with Crippen LogP contribution in [0, 0.1) is 5.82 Å². The summed E-state index contributed by atoms with van der Waals surface area (Å²) in [6, 6.07) is 4.93. The van der Waals surface area contributed by atoms with Crippen LogP contribution >= 0.6 is 0 Å². The average Bonchev–Trinajstić information content (AvgIpc) is 2.74. The monoisotopic (exact) mass is 288 g/mol. The fourth-order valence-electron chi connectivity index (χ4n) is 1.96. The van der Waals surface area contributed by atoms with E-state index >= 15 is 0 Å². The second kappa shape index (κ2) is 4.55. The molecule has 104 valence electrons. The SMILES string of the molecule is NC(=O)[C@@]1(O)CCN(S(=O)(=O)c2ccccc2F)C1. The number of sulfonamides is 1. The summed E-state index contributed by atoms with van der Waals surface area (Å²) in [7, 11) is -4.08. The molecule has 1 aliphatic heterocycles. The zero-order valence-electron chi connectivity index (χ0n) is 9.91. The molecule has 0 aromatic heterocycles. The average molecular weight is 288 g/mol. The van der Waals surface area contributed by atoms with E-state index in [-0.39, 0.29) is 13.0 Å². The van der Waals surface area contributed by atoms with Crippen LogP contribution in [-0.2, 0) is 14.8 Å². The Kier molecular flexibility index (Phi) is 3.33. The van der Waals surface area contributed by atoms with Gasteiger partial charge in [-0.2, -0.15) is 4.31 Å². The van der Waals surface area contributed by atoms with Gasteiger partial charge in [0, 0.05) is 13.0 Å². The van der Waals surface area contributed by atoms with Crippen LogP contribution in [0.1, 0.15) is 6.42 Å². The van der Waals surface area contributed by atoms with Gasteiger partial charge in [0.1, 0.15) is 10.7 Å². The molecule has 0 radical (unpaired) electrons. The van der Waals surface area contributed by atoms with Crippen LogP contribution in [0.2, 0.25) is 0 Å². The first kappa shape index (κ1) is 13.9. The van der Waals surface area contributed by atoms with Crippen molar-refractivity contribution in [3.63, 3.8) is 0 Å². The predicted molar refractivity (Wildman–Crippen MR) is 63.9 cm³/mol. The van der Waals surface area contributed by atoms with Crippen LogP contribution in [0.15, 0.2) is 29.2 Å². The van der Waals surface area contributed by atoms with Crippen LogP contribution in [0.4, 0.5) is 4.39 Å². The number of rotatable bonds is 3. The van der Waals surface area contributed by atoms with Crippen molar-refractivity contribution in [2.45, 2.75) is 16.9 Å². The summed E-state index contributed by atoms with van der Waals surface area (Å²) in [5, 5.41) is 9.84. The van der Waals surface area contributed by atoms with Crippen LogP contribution in [0.25, 0.3) is 0 Å². The van der Waals surface area contributed by atoms with E-state index in [2.05, 4.69) is 0 Å². The van der Waals surface area contributed by atoms with Crippen LogP contribution < -0.4 is 5.73 Å². The topological polar surface area (TPSA) is 101 Å². The Bertz CT molecular complexity index is 619. The van der Waals surface area contributed by atoms with Crippen molar-refractivity contribution in [3.05, 3.63) is 30.1 Å². The zero-order valence-corrected chi connectivity index (χ0v) is 10.7. The highest BCUT2D eigenvalue weighted by Crippen LogP contribution is 2.28. The maximum absolute atomic E-state index is 13.5. The van der Waals surface area contributed by atoms with E-state index < -0.39 is 38.8 Å². The van der Waals surface area contributed by atoms with E-state index in [4.69, 9.17) is 5.73 Å². The number of benzene rings is 1. The van der Waals surface area contributed by atoms with Crippen LogP contribution in [-0.4, -0.2) is 42.4 Å². The number of carbonyl (C=O) groups excluding carboxylic acids is 1. The molecule has 3 N–H and O–H groups in total. The van der Waals surface area contributed by atoms with Gasteiger partial charge < -0.3 is 10.8 Å². The molecule has 1 aliphatic rings. The van der Waals surface area contributed by atoms with Gasteiger partial charge in [-0.1, -0.05) is 12.1 Å². The number of nitrogens with zero attached hydrogens (tertiary/aromatic N) is 1. The lowest BCUT2D eigenvalue weighted by atomic mass is 10.0. The first-order valence-corrected chi connectivity index (χ1v) is 6.98. The second-order valence-corrected chi connectivity index (χ2v) is 6.32. The molecule has 19 heavy (non-hydrogen) atoms. The third-order valence-corrected chi connectivity index (χ3v) is 5.00. The minimum Gasteiger partial charge on any atom is -0.379 e. The molecule has 0 aliphatic carbocycles.